The first-order chi connectivity index (χ1) is 25.1. The molecule has 264 valence electrons. The molecule has 2 aromatic heterocycles. The Balaban J connectivity index is 1.35. The molecule has 19 heteroatoms. The first-order valence-corrected chi connectivity index (χ1v) is 19.6. The summed E-state index contributed by atoms with van der Waals surface area (Å²) in [6.45, 7) is 3.92. The molecule has 0 spiro atoms. The molecule has 2 saturated heterocycles. The lowest BCUT2D eigenvalue weighted by Crippen LogP contribution is -2.52. The summed E-state index contributed by atoms with van der Waals surface area (Å²) in [7, 11) is 0. The summed E-state index contributed by atoms with van der Waals surface area (Å²) < 4.78 is 18.5. The van der Waals surface area contributed by atoms with E-state index >= 15 is 0 Å². The van der Waals surface area contributed by atoms with Crippen molar-refractivity contribution in [3.8, 4) is 15.6 Å². The molecule has 2 fully saturated rings. The van der Waals surface area contributed by atoms with Crippen LogP contribution in [0.5, 0.6) is 5.88 Å². The average molecular weight is 809 g/mol. The number of thiazole rings is 2. The lowest BCUT2D eigenvalue weighted by atomic mass is 9.95. The van der Waals surface area contributed by atoms with Crippen LogP contribution < -0.4 is 4.74 Å². The number of carbonyl (C=O) groups is 4. The Morgan fingerprint density at radius 1 is 0.750 bits per heavy atom. The van der Waals surface area contributed by atoms with E-state index in [0.717, 1.165) is 46.2 Å². The maximum Gasteiger partial charge on any atom is 0.369 e. The number of aliphatic imine (C=N–C) groups is 2. The molecule has 0 N–H and O–H groups in total. The van der Waals surface area contributed by atoms with Gasteiger partial charge in [0.25, 0.3) is 11.8 Å². The summed E-state index contributed by atoms with van der Waals surface area (Å²) in [6.07, 6.45) is 0. The fourth-order valence-corrected chi connectivity index (χ4v) is 9.76. The molecular formula is C33H24N6O7S6. The van der Waals surface area contributed by atoms with Crippen molar-refractivity contribution in [2.75, 3.05) is 13.1 Å². The van der Waals surface area contributed by atoms with Crippen molar-refractivity contribution < 1.29 is 33.4 Å². The molecule has 0 atom stereocenters. The van der Waals surface area contributed by atoms with Crippen LogP contribution in [-0.4, -0.2) is 75.3 Å². The van der Waals surface area contributed by atoms with Gasteiger partial charge in [0.05, 0.1) is 4.88 Å². The first-order valence-electron chi connectivity index (χ1n) is 15.5. The minimum Gasteiger partial charge on any atom is -0.457 e. The van der Waals surface area contributed by atoms with Gasteiger partial charge in [0.2, 0.25) is 16.1 Å². The van der Waals surface area contributed by atoms with Gasteiger partial charge in [-0.3, -0.25) is 19.4 Å². The fraction of sp³-hybridized carbons (Fsp3) is 0.212. The minimum absolute atomic E-state index is 0.0425. The number of benzene rings is 2. The highest BCUT2D eigenvalue weighted by atomic mass is 32.2. The molecule has 0 aliphatic carbocycles. The van der Waals surface area contributed by atoms with Crippen LogP contribution >= 0.6 is 70.6 Å². The Bertz CT molecular complexity index is 2150. The number of hydrogen-bond acceptors (Lipinski definition) is 17. The highest BCUT2D eigenvalue weighted by molar-refractivity contribution is 8.35. The molecule has 3 aliphatic rings. The number of carbonyl (C=O) groups excluding carboxylic acids is 4. The van der Waals surface area contributed by atoms with E-state index in [1.54, 1.807) is 62.4 Å². The summed E-state index contributed by atoms with van der Waals surface area (Å²) in [5.41, 5.74) is -1.44. The van der Waals surface area contributed by atoms with Crippen molar-refractivity contribution in [3.05, 3.63) is 77.5 Å². The number of nitrogens with zero attached hydrogens (tertiary/aromatic N) is 6. The quantitative estimate of drug-likeness (QED) is 0.102. The molecule has 0 saturated carbocycles. The zero-order valence-corrected chi connectivity index (χ0v) is 32.0. The molecule has 13 nitrogen and oxygen atoms in total. The van der Waals surface area contributed by atoms with Crippen LogP contribution in [0.2, 0.25) is 0 Å². The van der Waals surface area contributed by atoms with E-state index in [1.165, 1.54) is 9.80 Å². The number of rotatable bonds is 10. The highest BCUT2D eigenvalue weighted by Gasteiger charge is 2.61. The number of amides is 2. The maximum absolute atomic E-state index is 14.4. The highest BCUT2D eigenvalue weighted by Crippen LogP contribution is 2.54. The number of ether oxygens (including phenoxy) is 3. The summed E-state index contributed by atoms with van der Waals surface area (Å²) in [5, 5.41) is 0.331. The van der Waals surface area contributed by atoms with Crippen LogP contribution in [0.3, 0.4) is 0 Å². The fourth-order valence-electron chi connectivity index (χ4n) is 5.13. The second kappa shape index (κ2) is 14.9. The normalized spacial score (nSPS) is 17.8. The van der Waals surface area contributed by atoms with Gasteiger partial charge < -0.3 is 14.2 Å². The summed E-state index contributed by atoms with van der Waals surface area (Å²) in [5.74, 6) is -3.12. The van der Waals surface area contributed by atoms with Gasteiger partial charge in [-0.1, -0.05) is 108 Å². The Labute approximate surface area is 323 Å². The van der Waals surface area contributed by atoms with Gasteiger partial charge in [-0.15, -0.1) is 0 Å². The van der Waals surface area contributed by atoms with Gasteiger partial charge in [0.1, 0.15) is 32.4 Å². The van der Waals surface area contributed by atoms with Crippen molar-refractivity contribution in [1.82, 2.24) is 19.8 Å². The molecule has 2 amide bonds. The molecule has 5 heterocycles. The van der Waals surface area contributed by atoms with Crippen LogP contribution in [0, 0.1) is 0 Å². The molecule has 0 unspecified atom stereocenters. The Morgan fingerprint density at radius 2 is 1.21 bits per heavy atom. The number of thiocarbonyl (C=S) groups is 2. The van der Waals surface area contributed by atoms with Gasteiger partial charge in [-0.25, -0.2) is 24.6 Å². The van der Waals surface area contributed by atoms with Crippen molar-refractivity contribution >= 4 is 123 Å². The molecule has 3 aliphatic heterocycles. The number of thioether (sulfide) groups is 2. The second-order valence-electron chi connectivity index (χ2n) is 10.9. The summed E-state index contributed by atoms with van der Waals surface area (Å²) >= 11 is 14.8. The lowest BCUT2D eigenvalue weighted by Gasteiger charge is -2.31. The maximum atomic E-state index is 14.4. The summed E-state index contributed by atoms with van der Waals surface area (Å²) in [6, 6.07) is 17.8. The molecule has 0 radical (unpaired) electrons. The number of esters is 2. The van der Waals surface area contributed by atoms with Gasteiger partial charge in [-0.05, 0) is 48.5 Å². The van der Waals surface area contributed by atoms with Crippen LogP contribution in [0.4, 0.5) is 10.3 Å². The van der Waals surface area contributed by atoms with Crippen molar-refractivity contribution in [2.45, 2.75) is 32.7 Å². The minimum atomic E-state index is -2.60. The van der Waals surface area contributed by atoms with E-state index in [2.05, 4.69) is 20.0 Å². The molecule has 4 aromatic rings. The number of aromatic nitrogens is 2. The third-order valence-corrected chi connectivity index (χ3v) is 12.4. The van der Waals surface area contributed by atoms with Gasteiger partial charge in [0.15, 0.2) is 10.1 Å². The topological polar surface area (TPSA) is 153 Å². The van der Waals surface area contributed by atoms with Gasteiger partial charge in [0, 0.05) is 13.1 Å². The Kier molecular flexibility index (Phi) is 10.3. The van der Waals surface area contributed by atoms with E-state index in [0.29, 0.717) is 42.6 Å². The van der Waals surface area contributed by atoms with Crippen molar-refractivity contribution in [2.24, 2.45) is 9.98 Å². The SMILES string of the molecule is CCN1C(=O)C(=Nc2nc3c(s2)-c2sc(N=C4SC(=S)N(CC)C4=O)nc2C(C(=O)OCc2ccccc2)(C(=O)OCc2ccccc2)O3)SC1=S. The van der Waals surface area contributed by atoms with Gasteiger partial charge in [-0.2, -0.15) is 4.98 Å². The van der Waals surface area contributed by atoms with Crippen molar-refractivity contribution in [3.63, 3.8) is 0 Å². The molecule has 2 aromatic carbocycles. The molecule has 52 heavy (non-hydrogen) atoms. The monoisotopic (exact) mass is 808 g/mol. The second-order valence-corrected chi connectivity index (χ2v) is 16.1. The predicted molar refractivity (Wildman–Crippen MR) is 207 cm³/mol. The Morgan fingerprint density at radius 3 is 1.67 bits per heavy atom. The molecule has 7 rings (SSSR count). The van der Waals surface area contributed by atoms with E-state index in [1.807, 2.05) is 12.1 Å². The largest absolute Gasteiger partial charge is 0.457 e. The Hall–Kier alpha value is -4.40. The smallest absolute Gasteiger partial charge is 0.369 e. The van der Waals surface area contributed by atoms with E-state index in [9.17, 15) is 19.2 Å². The predicted octanol–water partition coefficient (Wildman–Crippen LogP) is 6.16. The first kappa shape index (κ1) is 36.0. The average Bonchev–Trinajstić information content (AvgIpc) is 3.89. The number of hydrogen-bond donors (Lipinski definition) is 0. The zero-order valence-electron chi connectivity index (χ0n) is 27.1. The van der Waals surface area contributed by atoms with Crippen LogP contribution in [-0.2, 0) is 47.5 Å². The zero-order chi connectivity index (χ0) is 36.6. The number of fused-ring (bicyclic) bond motifs is 3. The van der Waals surface area contributed by atoms with Gasteiger partial charge >= 0.3 is 17.5 Å². The van der Waals surface area contributed by atoms with E-state index in [4.69, 9.17) is 38.6 Å². The lowest BCUT2D eigenvalue weighted by molar-refractivity contribution is -0.184. The van der Waals surface area contributed by atoms with Crippen molar-refractivity contribution in [1.29, 1.82) is 0 Å². The molecule has 0 bridgehead atoms. The third-order valence-electron chi connectivity index (χ3n) is 7.68. The molecular weight excluding hydrogens is 785 g/mol. The van der Waals surface area contributed by atoms with E-state index in [-0.39, 0.29) is 51.0 Å². The third kappa shape index (κ3) is 6.67. The summed E-state index contributed by atoms with van der Waals surface area (Å²) in [4.78, 5) is 76.3. The van der Waals surface area contributed by atoms with E-state index < -0.39 is 23.4 Å². The standard InChI is InChI=1S/C33H24N6O7S6/c1-3-38-25(40)23(51-31(38)47)36-29-34-21-19(49-29)20-22(35-30(50-20)37-24-26(41)39(4-2)32(48)52-24)46-33(21,27(42)44-15-17-11-7-5-8-12-17)28(43)45-16-18-13-9-6-10-14-18/h5-14H,3-4,15-16H2,1-2H3. The van der Waals surface area contributed by atoms with Crippen LogP contribution in [0.1, 0.15) is 30.7 Å². The van der Waals surface area contributed by atoms with Crippen LogP contribution in [0.15, 0.2) is 70.6 Å². The van der Waals surface area contributed by atoms with Crippen LogP contribution in [0.25, 0.3) is 9.75 Å².